The van der Waals surface area contributed by atoms with Gasteiger partial charge in [-0.3, -0.25) is 9.59 Å². The SMILES string of the molecule is CCc1cc(C(=O)NCc2cccc(Cl)c2C)cc(=O)[nH]1. The van der Waals surface area contributed by atoms with Crippen LogP contribution < -0.4 is 10.9 Å². The predicted molar refractivity (Wildman–Crippen MR) is 83.8 cm³/mol. The van der Waals surface area contributed by atoms with Gasteiger partial charge in [0.15, 0.2) is 0 Å². The molecule has 0 unspecified atom stereocenters. The number of hydrogen-bond donors (Lipinski definition) is 2. The highest BCUT2D eigenvalue weighted by molar-refractivity contribution is 6.31. The summed E-state index contributed by atoms with van der Waals surface area (Å²) < 4.78 is 0. The van der Waals surface area contributed by atoms with Gasteiger partial charge in [-0.1, -0.05) is 30.7 Å². The molecule has 5 heteroatoms. The molecule has 0 spiro atoms. The van der Waals surface area contributed by atoms with Crippen molar-refractivity contribution in [1.29, 1.82) is 0 Å². The summed E-state index contributed by atoms with van der Waals surface area (Å²) in [5, 5.41) is 3.48. The summed E-state index contributed by atoms with van der Waals surface area (Å²) in [6.07, 6.45) is 0.670. The molecule has 0 aliphatic rings. The lowest BCUT2D eigenvalue weighted by atomic mass is 10.1. The lowest BCUT2D eigenvalue weighted by molar-refractivity contribution is 0.0950. The number of halogens is 1. The highest BCUT2D eigenvalue weighted by Gasteiger charge is 2.09. The van der Waals surface area contributed by atoms with Crippen molar-refractivity contribution in [2.45, 2.75) is 26.8 Å². The Morgan fingerprint density at radius 3 is 2.81 bits per heavy atom. The number of aryl methyl sites for hydroxylation is 1. The van der Waals surface area contributed by atoms with Crippen LogP contribution in [0.1, 0.15) is 34.1 Å². The third-order valence-electron chi connectivity index (χ3n) is 3.36. The number of amides is 1. The number of benzene rings is 1. The van der Waals surface area contributed by atoms with Gasteiger partial charge in [-0.2, -0.15) is 0 Å². The molecule has 0 atom stereocenters. The van der Waals surface area contributed by atoms with E-state index in [1.165, 1.54) is 6.07 Å². The molecule has 110 valence electrons. The molecule has 2 rings (SSSR count). The van der Waals surface area contributed by atoms with Crippen molar-refractivity contribution in [1.82, 2.24) is 10.3 Å². The Bertz CT molecular complexity index is 722. The number of pyridine rings is 1. The van der Waals surface area contributed by atoms with Crippen molar-refractivity contribution in [2.75, 3.05) is 0 Å². The smallest absolute Gasteiger partial charge is 0.251 e. The first-order valence-corrected chi connectivity index (χ1v) is 7.14. The minimum Gasteiger partial charge on any atom is -0.348 e. The zero-order valence-corrected chi connectivity index (χ0v) is 12.8. The molecule has 0 bridgehead atoms. The van der Waals surface area contributed by atoms with E-state index in [9.17, 15) is 9.59 Å². The van der Waals surface area contributed by atoms with Gasteiger partial charge < -0.3 is 10.3 Å². The van der Waals surface area contributed by atoms with Crippen LogP contribution in [0.2, 0.25) is 5.02 Å². The van der Waals surface area contributed by atoms with Gasteiger partial charge in [0.1, 0.15) is 0 Å². The van der Waals surface area contributed by atoms with Gasteiger partial charge in [0.25, 0.3) is 5.91 Å². The van der Waals surface area contributed by atoms with Crippen molar-refractivity contribution in [2.24, 2.45) is 0 Å². The van der Waals surface area contributed by atoms with Crippen molar-refractivity contribution >= 4 is 17.5 Å². The second-order valence-electron chi connectivity index (χ2n) is 4.82. The molecule has 0 saturated carbocycles. The topological polar surface area (TPSA) is 62.0 Å². The standard InChI is InChI=1S/C16H17ClN2O2/c1-3-13-7-12(8-15(20)19-13)16(21)18-9-11-5-4-6-14(17)10(11)2/h4-8H,3,9H2,1-2H3,(H,18,21)(H,19,20). The van der Waals surface area contributed by atoms with E-state index < -0.39 is 0 Å². The second kappa shape index (κ2) is 6.59. The highest BCUT2D eigenvalue weighted by atomic mass is 35.5. The number of aromatic nitrogens is 1. The van der Waals surface area contributed by atoms with E-state index in [1.807, 2.05) is 32.0 Å². The monoisotopic (exact) mass is 304 g/mol. The number of rotatable bonds is 4. The van der Waals surface area contributed by atoms with E-state index in [2.05, 4.69) is 10.3 Å². The fourth-order valence-electron chi connectivity index (χ4n) is 2.04. The number of aromatic amines is 1. The molecule has 0 aliphatic carbocycles. The Hall–Kier alpha value is -2.07. The fourth-order valence-corrected chi connectivity index (χ4v) is 2.24. The summed E-state index contributed by atoms with van der Waals surface area (Å²) in [5.41, 5.74) is 2.75. The fraction of sp³-hybridized carbons (Fsp3) is 0.250. The Morgan fingerprint density at radius 2 is 2.10 bits per heavy atom. The molecule has 1 heterocycles. The van der Waals surface area contributed by atoms with Crippen LogP contribution in [0.15, 0.2) is 35.1 Å². The quantitative estimate of drug-likeness (QED) is 0.912. The first-order valence-electron chi connectivity index (χ1n) is 6.76. The highest BCUT2D eigenvalue weighted by Crippen LogP contribution is 2.18. The number of H-pyrrole nitrogens is 1. The first-order chi connectivity index (χ1) is 10.0. The van der Waals surface area contributed by atoms with Crippen molar-refractivity contribution in [3.8, 4) is 0 Å². The van der Waals surface area contributed by atoms with E-state index in [0.717, 1.165) is 16.8 Å². The zero-order valence-electron chi connectivity index (χ0n) is 12.0. The van der Waals surface area contributed by atoms with Crippen molar-refractivity contribution in [3.63, 3.8) is 0 Å². The van der Waals surface area contributed by atoms with Crippen LogP contribution >= 0.6 is 11.6 Å². The lowest BCUT2D eigenvalue weighted by Gasteiger charge is -2.09. The van der Waals surface area contributed by atoms with Gasteiger partial charge in [0.05, 0.1) is 0 Å². The molecule has 0 saturated heterocycles. The van der Waals surface area contributed by atoms with Gasteiger partial charge in [-0.25, -0.2) is 0 Å². The predicted octanol–water partition coefficient (Wildman–Crippen LogP) is 2.83. The second-order valence-corrected chi connectivity index (χ2v) is 5.23. The van der Waals surface area contributed by atoms with Gasteiger partial charge in [-0.05, 0) is 36.6 Å². The molecule has 2 N–H and O–H groups in total. The van der Waals surface area contributed by atoms with Crippen LogP contribution in [0.4, 0.5) is 0 Å². The molecule has 21 heavy (non-hydrogen) atoms. The number of carbonyl (C=O) groups excluding carboxylic acids is 1. The number of hydrogen-bond acceptors (Lipinski definition) is 2. The molecular formula is C16H17ClN2O2. The normalized spacial score (nSPS) is 10.4. The molecule has 0 radical (unpaired) electrons. The zero-order chi connectivity index (χ0) is 15.4. The molecule has 4 nitrogen and oxygen atoms in total. The minimum absolute atomic E-state index is 0.265. The summed E-state index contributed by atoms with van der Waals surface area (Å²) in [7, 11) is 0. The van der Waals surface area contributed by atoms with Crippen LogP contribution in [0.5, 0.6) is 0 Å². The summed E-state index contributed by atoms with van der Waals surface area (Å²) in [6.45, 7) is 4.20. The van der Waals surface area contributed by atoms with Gasteiger partial charge >= 0.3 is 0 Å². The van der Waals surface area contributed by atoms with Crippen LogP contribution in [-0.2, 0) is 13.0 Å². The van der Waals surface area contributed by atoms with Crippen LogP contribution in [-0.4, -0.2) is 10.9 Å². The number of nitrogens with one attached hydrogen (secondary N) is 2. The summed E-state index contributed by atoms with van der Waals surface area (Å²) in [5.74, 6) is -0.268. The van der Waals surface area contributed by atoms with Gasteiger partial charge in [-0.15, -0.1) is 0 Å². The molecule has 1 aromatic heterocycles. The largest absolute Gasteiger partial charge is 0.348 e. The molecule has 1 amide bonds. The Kier molecular flexibility index (Phi) is 4.81. The van der Waals surface area contributed by atoms with E-state index in [4.69, 9.17) is 11.6 Å². The van der Waals surface area contributed by atoms with E-state index >= 15 is 0 Å². The maximum Gasteiger partial charge on any atom is 0.251 e. The number of carbonyl (C=O) groups is 1. The summed E-state index contributed by atoms with van der Waals surface area (Å²) in [6, 6.07) is 8.57. The average molecular weight is 305 g/mol. The Labute approximate surface area is 128 Å². The Balaban J connectivity index is 2.13. The third kappa shape index (κ3) is 3.73. The van der Waals surface area contributed by atoms with Crippen molar-refractivity contribution < 1.29 is 4.79 Å². The summed E-state index contributed by atoms with van der Waals surface area (Å²) in [4.78, 5) is 26.3. The average Bonchev–Trinajstić information content (AvgIpc) is 2.47. The third-order valence-corrected chi connectivity index (χ3v) is 3.77. The van der Waals surface area contributed by atoms with Crippen LogP contribution in [0.25, 0.3) is 0 Å². The molecule has 2 aromatic rings. The maximum absolute atomic E-state index is 12.1. The lowest BCUT2D eigenvalue weighted by Crippen LogP contribution is -2.25. The summed E-state index contributed by atoms with van der Waals surface area (Å²) >= 11 is 6.05. The van der Waals surface area contributed by atoms with Crippen molar-refractivity contribution in [3.05, 3.63) is 68.1 Å². The van der Waals surface area contributed by atoms with E-state index in [0.29, 0.717) is 23.6 Å². The molecule has 0 fully saturated rings. The molecule has 1 aromatic carbocycles. The van der Waals surface area contributed by atoms with E-state index in [1.54, 1.807) is 6.07 Å². The first kappa shape index (κ1) is 15.3. The van der Waals surface area contributed by atoms with Crippen LogP contribution in [0, 0.1) is 6.92 Å². The van der Waals surface area contributed by atoms with Crippen LogP contribution in [0.3, 0.4) is 0 Å². The molecular weight excluding hydrogens is 288 g/mol. The van der Waals surface area contributed by atoms with E-state index in [-0.39, 0.29) is 11.5 Å². The molecule has 0 aliphatic heterocycles. The minimum atomic E-state index is -0.268. The van der Waals surface area contributed by atoms with Gasteiger partial charge in [0.2, 0.25) is 5.56 Å². The van der Waals surface area contributed by atoms with Gasteiger partial charge in [0, 0.05) is 28.9 Å². The Morgan fingerprint density at radius 1 is 1.33 bits per heavy atom. The maximum atomic E-state index is 12.1.